The lowest BCUT2D eigenvalue weighted by Crippen LogP contribution is -2.11. The molecule has 0 fully saturated rings. The molecule has 0 aliphatic heterocycles. The standard InChI is InChI=1S/C35H31N.C9H12.C8H10.C2H6/c1-22-14-16-27(18-24(22)3)36(28-17-15-23(2)25(4)19-28)35-21-34-30-11-7-6-10-29(30)26(5)20-33(34)31-12-8-9-13-32(31)35;1-7-4-5-8(2)9(3)6-7;1-7-5-3-4-6-8(7)2;1-2/h6-21H,1-5H3;4-6H,1-3H3;3-6H,1-2H3;1-2H3. The minimum absolute atomic E-state index is 1.18. The van der Waals surface area contributed by atoms with E-state index in [2.05, 4.69) is 214 Å². The van der Waals surface area contributed by atoms with Crippen molar-refractivity contribution in [1.82, 2.24) is 0 Å². The largest absolute Gasteiger partial charge is 0.310 e. The Balaban J connectivity index is 0.000000250. The van der Waals surface area contributed by atoms with E-state index < -0.39 is 0 Å². The van der Waals surface area contributed by atoms with Gasteiger partial charge in [-0.1, -0.05) is 129 Å². The van der Waals surface area contributed by atoms with Gasteiger partial charge in [0.15, 0.2) is 0 Å². The molecule has 0 aliphatic carbocycles. The van der Waals surface area contributed by atoms with Crippen LogP contribution in [0.1, 0.15) is 69.5 Å². The summed E-state index contributed by atoms with van der Waals surface area (Å²) in [6.45, 7) is 25.6. The van der Waals surface area contributed by atoms with Gasteiger partial charge in [-0.3, -0.25) is 0 Å². The molecule has 0 bridgehead atoms. The third kappa shape index (κ3) is 9.18. The van der Waals surface area contributed by atoms with Crippen LogP contribution < -0.4 is 4.90 Å². The first-order valence-electron chi connectivity index (χ1n) is 19.8. The highest BCUT2D eigenvalue weighted by molar-refractivity contribution is 6.22. The Bertz CT molecular complexity index is 2500. The van der Waals surface area contributed by atoms with Crippen LogP contribution in [-0.2, 0) is 0 Å². The van der Waals surface area contributed by atoms with E-state index in [1.807, 2.05) is 13.8 Å². The van der Waals surface area contributed by atoms with Crippen LogP contribution >= 0.6 is 0 Å². The van der Waals surface area contributed by atoms with Crippen LogP contribution in [0.5, 0.6) is 0 Å². The molecule has 8 aromatic carbocycles. The maximum atomic E-state index is 2.44. The summed E-state index contributed by atoms with van der Waals surface area (Å²) in [5.74, 6) is 0. The fourth-order valence-corrected chi connectivity index (χ4v) is 7.01. The molecule has 0 radical (unpaired) electrons. The van der Waals surface area contributed by atoms with Crippen LogP contribution in [0.15, 0.2) is 140 Å². The summed E-state index contributed by atoms with van der Waals surface area (Å²) in [4.78, 5) is 2.44. The summed E-state index contributed by atoms with van der Waals surface area (Å²) < 4.78 is 0. The molecule has 280 valence electrons. The molecular formula is C54H59N. The van der Waals surface area contributed by atoms with Crippen molar-refractivity contribution in [1.29, 1.82) is 0 Å². The van der Waals surface area contributed by atoms with Gasteiger partial charge in [0.1, 0.15) is 0 Å². The van der Waals surface area contributed by atoms with Crippen LogP contribution in [-0.4, -0.2) is 0 Å². The molecule has 0 aliphatic rings. The van der Waals surface area contributed by atoms with Gasteiger partial charge in [-0.05, 0) is 177 Å². The molecule has 8 rings (SSSR count). The number of benzene rings is 8. The highest BCUT2D eigenvalue weighted by atomic mass is 15.1. The van der Waals surface area contributed by atoms with Crippen LogP contribution in [0, 0.1) is 69.2 Å². The molecule has 0 saturated heterocycles. The lowest BCUT2D eigenvalue weighted by atomic mass is 9.92. The third-order valence-corrected chi connectivity index (χ3v) is 10.9. The normalized spacial score (nSPS) is 10.5. The monoisotopic (exact) mass is 721 g/mol. The molecule has 1 heteroatoms. The van der Waals surface area contributed by atoms with Crippen molar-refractivity contribution >= 4 is 49.4 Å². The molecule has 0 heterocycles. The van der Waals surface area contributed by atoms with Gasteiger partial charge in [0.05, 0.1) is 5.69 Å². The molecule has 0 spiro atoms. The summed E-state index contributed by atoms with van der Waals surface area (Å²) in [6.07, 6.45) is 0. The molecular weight excluding hydrogens is 663 g/mol. The average Bonchev–Trinajstić information content (AvgIpc) is 3.19. The second kappa shape index (κ2) is 18.1. The van der Waals surface area contributed by atoms with E-state index in [1.165, 1.54) is 105 Å². The molecule has 0 aromatic heterocycles. The second-order valence-electron chi connectivity index (χ2n) is 14.8. The molecule has 0 amide bonds. The van der Waals surface area contributed by atoms with Gasteiger partial charge in [-0.25, -0.2) is 0 Å². The predicted molar refractivity (Wildman–Crippen MR) is 245 cm³/mol. The summed E-state index contributed by atoms with van der Waals surface area (Å²) in [5, 5.41) is 7.77. The van der Waals surface area contributed by atoms with Gasteiger partial charge in [-0.15, -0.1) is 0 Å². The maximum Gasteiger partial charge on any atom is 0.0546 e. The molecule has 8 aromatic rings. The van der Waals surface area contributed by atoms with E-state index in [9.17, 15) is 0 Å². The summed E-state index contributed by atoms with van der Waals surface area (Å²) >= 11 is 0. The third-order valence-electron chi connectivity index (χ3n) is 10.9. The molecule has 0 unspecified atom stereocenters. The van der Waals surface area contributed by atoms with Crippen LogP contribution in [0.2, 0.25) is 0 Å². The summed E-state index contributed by atoms with van der Waals surface area (Å²) in [7, 11) is 0. The Morgan fingerprint density at radius 3 is 1.11 bits per heavy atom. The highest BCUT2D eigenvalue weighted by Crippen LogP contribution is 2.44. The zero-order valence-electron chi connectivity index (χ0n) is 35.2. The van der Waals surface area contributed by atoms with Crippen molar-refractivity contribution in [2.45, 2.75) is 83.1 Å². The van der Waals surface area contributed by atoms with Gasteiger partial charge < -0.3 is 4.90 Å². The number of aryl methyl sites for hydroxylation is 10. The Morgan fingerprint density at radius 2 is 0.655 bits per heavy atom. The van der Waals surface area contributed by atoms with Crippen molar-refractivity contribution in [3.63, 3.8) is 0 Å². The Hall–Kier alpha value is -5.66. The number of rotatable bonds is 3. The molecule has 0 N–H and O–H groups in total. The minimum atomic E-state index is 1.18. The molecule has 55 heavy (non-hydrogen) atoms. The highest BCUT2D eigenvalue weighted by Gasteiger charge is 2.19. The van der Waals surface area contributed by atoms with Crippen molar-refractivity contribution in [2.24, 2.45) is 0 Å². The van der Waals surface area contributed by atoms with Gasteiger partial charge in [0.25, 0.3) is 0 Å². The Kier molecular flexibility index (Phi) is 13.3. The Labute approximate surface area is 331 Å². The van der Waals surface area contributed by atoms with Gasteiger partial charge in [0, 0.05) is 16.8 Å². The van der Waals surface area contributed by atoms with Gasteiger partial charge in [0.2, 0.25) is 0 Å². The van der Waals surface area contributed by atoms with E-state index in [1.54, 1.807) is 0 Å². The lowest BCUT2D eigenvalue weighted by Gasteiger charge is -2.29. The van der Waals surface area contributed by atoms with E-state index >= 15 is 0 Å². The average molecular weight is 722 g/mol. The lowest BCUT2D eigenvalue weighted by molar-refractivity contribution is 1.24. The van der Waals surface area contributed by atoms with Crippen molar-refractivity contribution in [2.75, 3.05) is 4.90 Å². The van der Waals surface area contributed by atoms with Gasteiger partial charge in [-0.2, -0.15) is 0 Å². The van der Waals surface area contributed by atoms with Gasteiger partial charge >= 0.3 is 0 Å². The van der Waals surface area contributed by atoms with Crippen molar-refractivity contribution < 1.29 is 0 Å². The number of hydrogen-bond acceptors (Lipinski definition) is 1. The molecule has 0 atom stereocenters. The van der Waals surface area contributed by atoms with E-state index in [4.69, 9.17) is 0 Å². The predicted octanol–water partition coefficient (Wildman–Crippen LogP) is 16.1. The minimum Gasteiger partial charge on any atom is -0.310 e. The van der Waals surface area contributed by atoms with E-state index in [0.29, 0.717) is 0 Å². The fraction of sp³-hybridized carbons (Fsp3) is 0.222. The van der Waals surface area contributed by atoms with Crippen LogP contribution in [0.4, 0.5) is 17.1 Å². The van der Waals surface area contributed by atoms with Crippen molar-refractivity contribution in [3.8, 4) is 0 Å². The zero-order valence-corrected chi connectivity index (χ0v) is 35.2. The fourth-order valence-electron chi connectivity index (χ4n) is 7.01. The van der Waals surface area contributed by atoms with Crippen LogP contribution in [0.3, 0.4) is 0 Å². The first-order valence-corrected chi connectivity index (χ1v) is 19.8. The Morgan fingerprint density at radius 1 is 0.273 bits per heavy atom. The van der Waals surface area contributed by atoms with E-state index in [0.717, 1.165) is 0 Å². The summed E-state index contributed by atoms with van der Waals surface area (Å²) in [5.41, 5.74) is 16.9. The molecule has 0 saturated carbocycles. The second-order valence-corrected chi connectivity index (χ2v) is 14.8. The quantitative estimate of drug-likeness (QED) is 0.164. The van der Waals surface area contributed by atoms with Crippen LogP contribution in [0.25, 0.3) is 32.3 Å². The smallest absolute Gasteiger partial charge is 0.0546 e. The number of anilines is 3. The topological polar surface area (TPSA) is 3.24 Å². The number of nitrogens with zero attached hydrogens (tertiary/aromatic N) is 1. The summed E-state index contributed by atoms with van der Waals surface area (Å²) in [6, 6.07) is 50.9. The zero-order chi connectivity index (χ0) is 39.8. The first-order chi connectivity index (χ1) is 26.4. The van der Waals surface area contributed by atoms with Crippen molar-refractivity contribution in [3.05, 3.63) is 195 Å². The van der Waals surface area contributed by atoms with E-state index in [-0.39, 0.29) is 0 Å². The SMILES string of the molecule is CC.Cc1ccc(C)c(C)c1.Cc1ccc(N(c2ccc(C)c(C)c2)c2cc3c4ccccc4c(C)cc3c3ccccc23)cc1C.Cc1ccccc1C. The maximum absolute atomic E-state index is 2.44. The first kappa shape index (κ1) is 40.5. The number of fused-ring (bicyclic) bond motifs is 5. The molecule has 1 nitrogen and oxygen atoms in total. The number of hydrogen-bond donors (Lipinski definition) is 0.